The Balaban J connectivity index is 1.40. The van der Waals surface area contributed by atoms with E-state index in [0.717, 1.165) is 12.1 Å². The van der Waals surface area contributed by atoms with E-state index in [2.05, 4.69) is 4.98 Å². The molecule has 1 aliphatic rings. The van der Waals surface area contributed by atoms with Gasteiger partial charge >= 0.3 is 0 Å². The Morgan fingerprint density at radius 3 is 2.55 bits per heavy atom. The molecule has 154 valence electrons. The molecule has 0 spiro atoms. The third-order valence-corrected chi connectivity index (χ3v) is 4.59. The van der Waals surface area contributed by atoms with Crippen molar-refractivity contribution in [3.8, 4) is 5.75 Å². The molecule has 29 heavy (non-hydrogen) atoms. The van der Waals surface area contributed by atoms with Crippen LogP contribution in [0, 0.1) is 21.7 Å². The van der Waals surface area contributed by atoms with Gasteiger partial charge in [-0.2, -0.15) is 0 Å². The van der Waals surface area contributed by atoms with Gasteiger partial charge in [-0.3, -0.25) is 14.9 Å². The smallest absolute Gasteiger partial charge is 0.287 e. The van der Waals surface area contributed by atoms with Gasteiger partial charge in [0.05, 0.1) is 11.5 Å². The number of benzene rings is 1. The molecule has 2 aromatic rings. The highest BCUT2D eigenvalue weighted by molar-refractivity contribution is 5.76. The third kappa shape index (κ3) is 5.37. The monoisotopic (exact) mass is 406 g/mol. The van der Waals surface area contributed by atoms with E-state index >= 15 is 0 Å². The van der Waals surface area contributed by atoms with E-state index in [4.69, 9.17) is 4.74 Å². The molecule has 0 saturated carbocycles. The quantitative estimate of drug-likeness (QED) is 0.399. The largest absolute Gasteiger partial charge is 0.491 e. The molecule has 1 fully saturated rings. The van der Waals surface area contributed by atoms with E-state index in [1.54, 1.807) is 11.0 Å². The lowest BCUT2D eigenvalue weighted by molar-refractivity contribution is -0.385. The van der Waals surface area contributed by atoms with Gasteiger partial charge in [0.25, 0.3) is 5.69 Å². The van der Waals surface area contributed by atoms with Crippen molar-refractivity contribution in [1.29, 1.82) is 0 Å². The molecule has 1 aromatic carbocycles. The van der Waals surface area contributed by atoms with Crippen molar-refractivity contribution >= 4 is 17.4 Å². The van der Waals surface area contributed by atoms with Gasteiger partial charge in [-0.1, -0.05) is 0 Å². The summed E-state index contributed by atoms with van der Waals surface area (Å²) in [4.78, 5) is 30.3. The van der Waals surface area contributed by atoms with E-state index in [-0.39, 0.29) is 30.4 Å². The number of piperazine rings is 1. The maximum absolute atomic E-state index is 13.5. The Kier molecular flexibility index (Phi) is 6.53. The first-order valence-electron chi connectivity index (χ1n) is 9.15. The van der Waals surface area contributed by atoms with E-state index in [9.17, 15) is 23.7 Å². The maximum atomic E-state index is 13.5. The summed E-state index contributed by atoms with van der Waals surface area (Å²) < 4.78 is 31.6. The first-order valence-corrected chi connectivity index (χ1v) is 9.15. The zero-order chi connectivity index (χ0) is 20.8. The molecular formula is C19H20F2N4O4. The van der Waals surface area contributed by atoms with Crippen LogP contribution in [0.15, 0.2) is 36.5 Å². The summed E-state index contributed by atoms with van der Waals surface area (Å²) in [6, 6.07) is 6.09. The Morgan fingerprint density at radius 1 is 1.17 bits per heavy atom. The van der Waals surface area contributed by atoms with Crippen LogP contribution in [0.2, 0.25) is 0 Å². The standard InChI is InChI=1S/C19H20F2N4O4/c20-14-3-5-17(16(21)12-14)29-11-1-2-19(26)24-9-7-23(8-10-24)18-6-4-15(13-22-18)25(27)28/h3-6,12-13H,1-2,7-11H2. The Morgan fingerprint density at radius 2 is 1.93 bits per heavy atom. The molecule has 1 saturated heterocycles. The van der Waals surface area contributed by atoms with Gasteiger partial charge in [-0.05, 0) is 24.6 Å². The predicted molar refractivity (Wildman–Crippen MR) is 101 cm³/mol. The van der Waals surface area contributed by atoms with Crippen LogP contribution in [0.1, 0.15) is 12.8 Å². The Bertz CT molecular complexity index is 871. The van der Waals surface area contributed by atoms with Gasteiger partial charge in [0.2, 0.25) is 5.91 Å². The number of amides is 1. The van der Waals surface area contributed by atoms with Crippen molar-refractivity contribution in [2.45, 2.75) is 12.8 Å². The van der Waals surface area contributed by atoms with Crippen LogP contribution in [-0.2, 0) is 4.79 Å². The molecule has 2 heterocycles. The Labute approximate surface area is 165 Å². The molecule has 0 atom stereocenters. The second-order valence-corrected chi connectivity index (χ2v) is 6.53. The number of hydrogen-bond donors (Lipinski definition) is 0. The fourth-order valence-electron chi connectivity index (χ4n) is 3.01. The molecule has 10 heteroatoms. The van der Waals surface area contributed by atoms with Gasteiger partial charge in [-0.25, -0.2) is 13.8 Å². The van der Waals surface area contributed by atoms with Gasteiger partial charge in [0.1, 0.15) is 17.8 Å². The second kappa shape index (κ2) is 9.26. The van der Waals surface area contributed by atoms with Crippen molar-refractivity contribution in [1.82, 2.24) is 9.88 Å². The molecule has 1 aliphatic heterocycles. The maximum Gasteiger partial charge on any atom is 0.287 e. The van der Waals surface area contributed by atoms with E-state index in [1.165, 1.54) is 18.3 Å². The minimum Gasteiger partial charge on any atom is -0.491 e. The van der Waals surface area contributed by atoms with E-state index in [0.29, 0.717) is 38.4 Å². The summed E-state index contributed by atoms with van der Waals surface area (Å²) in [5, 5.41) is 10.7. The van der Waals surface area contributed by atoms with Crippen molar-refractivity contribution in [2.75, 3.05) is 37.7 Å². The van der Waals surface area contributed by atoms with Crippen LogP contribution in [0.25, 0.3) is 0 Å². The van der Waals surface area contributed by atoms with E-state index in [1.807, 2.05) is 4.90 Å². The summed E-state index contributed by atoms with van der Waals surface area (Å²) in [5.74, 6) is -0.870. The lowest BCUT2D eigenvalue weighted by Gasteiger charge is -2.35. The second-order valence-electron chi connectivity index (χ2n) is 6.53. The molecule has 1 amide bonds. The van der Waals surface area contributed by atoms with Crippen LogP contribution in [0.4, 0.5) is 20.3 Å². The van der Waals surface area contributed by atoms with Crippen LogP contribution < -0.4 is 9.64 Å². The van der Waals surface area contributed by atoms with Gasteiger partial charge in [0, 0.05) is 44.7 Å². The SMILES string of the molecule is O=C(CCCOc1ccc(F)cc1F)N1CCN(c2ccc([N+](=O)[O-])cn2)CC1. The number of nitrogens with zero attached hydrogens (tertiary/aromatic N) is 4. The highest BCUT2D eigenvalue weighted by Gasteiger charge is 2.22. The molecule has 8 nitrogen and oxygen atoms in total. The number of halogens is 2. The normalized spacial score (nSPS) is 14.0. The molecule has 0 aliphatic carbocycles. The number of carbonyl (C=O) groups excluding carboxylic acids is 1. The first-order chi connectivity index (χ1) is 13.9. The lowest BCUT2D eigenvalue weighted by atomic mass is 10.2. The number of hydrogen-bond acceptors (Lipinski definition) is 6. The van der Waals surface area contributed by atoms with Crippen LogP contribution >= 0.6 is 0 Å². The fraction of sp³-hybridized carbons (Fsp3) is 0.368. The highest BCUT2D eigenvalue weighted by atomic mass is 19.1. The summed E-state index contributed by atoms with van der Waals surface area (Å²) >= 11 is 0. The minimum atomic E-state index is -0.771. The van der Waals surface area contributed by atoms with Gasteiger partial charge in [0.15, 0.2) is 11.6 Å². The number of rotatable bonds is 7. The number of nitro groups is 1. The summed E-state index contributed by atoms with van der Waals surface area (Å²) in [5.41, 5.74) is -0.0645. The number of aromatic nitrogens is 1. The van der Waals surface area contributed by atoms with Crippen molar-refractivity contribution in [3.05, 3.63) is 58.3 Å². The lowest BCUT2D eigenvalue weighted by Crippen LogP contribution is -2.49. The number of anilines is 1. The van der Waals surface area contributed by atoms with Crippen LogP contribution in [0.5, 0.6) is 5.75 Å². The van der Waals surface area contributed by atoms with Crippen molar-refractivity contribution < 1.29 is 23.2 Å². The van der Waals surface area contributed by atoms with Gasteiger partial charge < -0.3 is 14.5 Å². The number of ether oxygens (including phenoxy) is 1. The third-order valence-electron chi connectivity index (χ3n) is 4.59. The zero-order valence-corrected chi connectivity index (χ0v) is 15.6. The number of pyridine rings is 1. The average Bonchev–Trinajstić information content (AvgIpc) is 2.72. The molecule has 3 rings (SSSR count). The molecule has 1 aromatic heterocycles. The molecular weight excluding hydrogens is 386 g/mol. The summed E-state index contributed by atoms with van der Waals surface area (Å²) in [7, 11) is 0. The highest BCUT2D eigenvalue weighted by Crippen LogP contribution is 2.19. The van der Waals surface area contributed by atoms with E-state index < -0.39 is 16.6 Å². The topological polar surface area (TPSA) is 88.8 Å². The molecule has 0 bridgehead atoms. The van der Waals surface area contributed by atoms with Crippen molar-refractivity contribution in [3.63, 3.8) is 0 Å². The minimum absolute atomic E-state index is 0.0236. The van der Waals surface area contributed by atoms with Crippen molar-refractivity contribution in [2.24, 2.45) is 0 Å². The van der Waals surface area contributed by atoms with Crippen LogP contribution in [-0.4, -0.2) is 53.5 Å². The predicted octanol–water partition coefficient (Wildman–Crippen LogP) is 2.78. The number of carbonyl (C=O) groups is 1. The fourth-order valence-corrected chi connectivity index (χ4v) is 3.01. The average molecular weight is 406 g/mol. The molecule has 0 unspecified atom stereocenters. The summed E-state index contributed by atoms with van der Waals surface area (Å²) in [6.07, 6.45) is 1.90. The van der Waals surface area contributed by atoms with Gasteiger partial charge in [-0.15, -0.1) is 0 Å². The zero-order valence-electron chi connectivity index (χ0n) is 15.6. The summed E-state index contributed by atoms with van der Waals surface area (Å²) in [6.45, 7) is 2.35. The van der Waals surface area contributed by atoms with Crippen LogP contribution in [0.3, 0.4) is 0 Å². The molecule has 0 N–H and O–H groups in total. The molecule has 0 radical (unpaired) electrons. The Hall–Kier alpha value is -3.30. The first kappa shape index (κ1) is 20.4.